The van der Waals surface area contributed by atoms with Gasteiger partial charge in [-0.1, -0.05) is 12.6 Å². The molecule has 0 bridgehead atoms. The van der Waals surface area contributed by atoms with Crippen LogP contribution in [0.25, 0.3) is 26.9 Å². The van der Waals surface area contributed by atoms with E-state index in [4.69, 9.17) is 11.3 Å². The van der Waals surface area contributed by atoms with Crippen molar-refractivity contribution in [2.45, 2.75) is 13.3 Å². The largest absolute Gasteiger partial charge is 0.380 e. The number of amides is 1. The number of nitrogens with zero attached hydrogens (tertiary/aromatic N) is 5. The van der Waals surface area contributed by atoms with Gasteiger partial charge in [-0.25, -0.2) is 4.85 Å². The number of carbonyl (C=O) groups excluding carboxylic acids is 1. The Morgan fingerprint density at radius 3 is 2.75 bits per heavy atom. The molecule has 0 unspecified atom stereocenters. The fraction of sp³-hybridized carbons (Fsp3) is 0.393. The summed E-state index contributed by atoms with van der Waals surface area (Å²) >= 11 is 0. The fourth-order valence-corrected chi connectivity index (χ4v) is 6.09. The van der Waals surface area contributed by atoms with Gasteiger partial charge in [0.25, 0.3) is 0 Å². The van der Waals surface area contributed by atoms with Gasteiger partial charge in [0, 0.05) is 61.4 Å². The normalized spacial score (nSPS) is 18.9. The SMILES string of the molecule is [C-]#[N+]c1c(-c2c(C)ccc3[nH]ncc23)cc(N2CCOCC2)cc1N1CCC2(CN(C(=O)C=C)C2)C1. The zero-order chi connectivity index (χ0) is 24.9. The molecular formula is C28H30N6O2. The molecule has 184 valence electrons. The summed E-state index contributed by atoms with van der Waals surface area (Å²) in [6.07, 6.45) is 4.27. The number of likely N-dealkylation sites (tertiary alicyclic amines) is 1. The second kappa shape index (κ2) is 8.68. The molecule has 3 aliphatic heterocycles. The topological polar surface area (TPSA) is 69.1 Å². The molecule has 0 radical (unpaired) electrons. The van der Waals surface area contributed by atoms with Crippen molar-refractivity contribution in [3.8, 4) is 11.1 Å². The number of aryl methyl sites for hydroxylation is 1. The number of benzene rings is 2. The van der Waals surface area contributed by atoms with Crippen molar-refractivity contribution in [2.24, 2.45) is 5.41 Å². The Balaban J connectivity index is 1.45. The zero-order valence-electron chi connectivity index (χ0n) is 20.6. The van der Waals surface area contributed by atoms with Gasteiger partial charge >= 0.3 is 0 Å². The molecule has 1 aromatic heterocycles. The number of nitrogens with one attached hydrogen (secondary N) is 1. The Bertz CT molecular complexity index is 1390. The number of aromatic amines is 1. The molecule has 0 aliphatic carbocycles. The van der Waals surface area contributed by atoms with Crippen LogP contribution in [0.4, 0.5) is 17.1 Å². The third-order valence-corrected chi connectivity index (χ3v) is 7.98. The minimum absolute atomic E-state index is 0.00112. The van der Waals surface area contributed by atoms with Gasteiger partial charge in [-0.3, -0.25) is 9.89 Å². The third-order valence-electron chi connectivity index (χ3n) is 7.98. The van der Waals surface area contributed by atoms with E-state index in [1.807, 2.05) is 17.2 Å². The molecule has 3 fully saturated rings. The second-order valence-corrected chi connectivity index (χ2v) is 10.2. The highest BCUT2D eigenvalue weighted by Gasteiger charge is 2.49. The first kappa shape index (κ1) is 22.6. The summed E-state index contributed by atoms with van der Waals surface area (Å²) in [6.45, 7) is 20.3. The van der Waals surface area contributed by atoms with Crippen molar-refractivity contribution in [1.29, 1.82) is 0 Å². The molecule has 8 heteroatoms. The molecule has 4 heterocycles. The first-order valence-electron chi connectivity index (χ1n) is 12.5. The van der Waals surface area contributed by atoms with Gasteiger partial charge in [0.2, 0.25) is 11.6 Å². The number of H-pyrrole nitrogens is 1. The summed E-state index contributed by atoms with van der Waals surface area (Å²) in [5.74, 6) is 0.00112. The molecule has 8 nitrogen and oxygen atoms in total. The van der Waals surface area contributed by atoms with Crippen LogP contribution in [0.15, 0.2) is 43.1 Å². The highest BCUT2D eigenvalue weighted by atomic mass is 16.5. The van der Waals surface area contributed by atoms with Crippen LogP contribution in [0.1, 0.15) is 12.0 Å². The summed E-state index contributed by atoms with van der Waals surface area (Å²) in [5, 5.41) is 8.39. The lowest BCUT2D eigenvalue weighted by Gasteiger charge is -2.47. The average Bonchev–Trinajstić information content (AvgIpc) is 3.55. The summed E-state index contributed by atoms with van der Waals surface area (Å²) in [7, 11) is 0. The minimum Gasteiger partial charge on any atom is -0.380 e. The maximum absolute atomic E-state index is 12.1. The van der Waals surface area contributed by atoms with Crippen LogP contribution in [0.2, 0.25) is 0 Å². The molecule has 2 aromatic carbocycles. The minimum atomic E-state index is 0.00112. The lowest BCUT2D eigenvalue weighted by atomic mass is 9.79. The molecule has 3 aromatic rings. The van der Waals surface area contributed by atoms with Gasteiger partial charge in [0.15, 0.2) is 0 Å². The summed E-state index contributed by atoms with van der Waals surface area (Å²) in [6, 6.07) is 8.51. The fourth-order valence-electron chi connectivity index (χ4n) is 6.09. The van der Waals surface area contributed by atoms with Gasteiger partial charge in [-0.2, -0.15) is 5.10 Å². The molecule has 6 rings (SSSR count). The van der Waals surface area contributed by atoms with E-state index < -0.39 is 0 Å². The Morgan fingerprint density at radius 2 is 2.00 bits per heavy atom. The summed E-state index contributed by atoms with van der Waals surface area (Å²) in [4.78, 5) is 22.8. The van der Waals surface area contributed by atoms with Crippen molar-refractivity contribution < 1.29 is 9.53 Å². The van der Waals surface area contributed by atoms with Crippen LogP contribution < -0.4 is 9.80 Å². The van der Waals surface area contributed by atoms with Crippen molar-refractivity contribution in [3.05, 3.63) is 60.1 Å². The predicted octanol–water partition coefficient (Wildman–Crippen LogP) is 4.15. The quantitative estimate of drug-likeness (QED) is 0.447. The van der Waals surface area contributed by atoms with Gasteiger partial charge in [-0.05, 0) is 54.3 Å². The Morgan fingerprint density at radius 1 is 1.19 bits per heavy atom. The van der Waals surface area contributed by atoms with Crippen LogP contribution in [-0.2, 0) is 9.53 Å². The van der Waals surface area contributed by atoms with Crippen LogP contribution in [0.3, 0.4) is 0 Å². The van der Waals surface area contributed by atoms with Crippen LogP contribution >= 0.6 is 0 Å². The number of anilines is 2. The standard InChI is InChI=1S/C28H30N6O2/c1-4-25(35)34-17-28(18-34)7-8-33(16-28)24-14-20(32-9-11-36-12-10-32)13-21(27(24)29-3)26-19(2)5-6-23-22(26)15-30-31-23/h4-6,13-15H,1,7-12,16-18H2,2H3,(H,30,31). The molecule has 3 saturated heterocycles. The number of aromatic nitrogens is 2. The molecule has 0 saturated carbocycles. The number of ether oxygens (including phenoxy) is 1. The molecule has 1 amide bonds. The number of hydrogen-bond donors (Lipinski definition) is 1. The van der Waals surface area contributed by atoms with Crippen molar-refractivity contribution in [1.82, 2.24) is 15.1 Å². The monoisotopic (exact) mass is 482 g/mol. The maximum Gasteiger partial charge on any atom is 0.245 e. The second-order valence-electron chi connectivity index (χ2n) is 10.2. The van der Waals surface area contributed by atoms with E-state index >= 15 is 0 Å². The van der Waals surface area contributed by atoms with Gasteiger partial charge < -0.3 is 19.4 Å². The average molecular weight is 483 g/mol. The summed E-state index contributed by atoms with van der Waals surface area (Å²) < 4.78 is 5.61. The van der Waals surface area contributed by atoms with Crippen LogP contribution in [0, 0.1) is 18.9 Å². The van der Waals surface area contributed by atoms with E-state index in [1.54, 1.807) is 0 Å². The number of carbonyl (C=O) groups is 1. The first-order chi connectivity index (χ1) is 17.5. The number of morpholine rings is 1. The van der Waals surface area contributed by atoms with E-state index in [0.717, 1.165) is 84.7 Å². The zero-order valence-corrected chi connectivity index (χ0v) is 20.6. The molecular weight excluding hydrogens is 452 g/mol. The molecule has 1 spiro atoms. The smallest absolute Gasteiger partial charge is 0.245 e. The van der Waals surface area contributed by atoms with Gasteiger partial charge in [-0.15, -0.1) is 0 Å². The Kier molecular flexibility index (Phi) is 5.45. The van der Waals surface area contributed by atoms with E-state index in [9.17, 15) is 4.79 Å². The van der Waals surface area contributed by atoms with Crippen molar-refractivity contribution in [2.75, 3.05) is 62.3 Å². The Labute approximate surface area is 210 Å². The maximum atomic E-state index is 12.1. The van der Waals surface area contributed by atoms with Crippen molar-refractivity contribution >= 4 is 33.9 Å². The molecule has 0 atom stereocenters. The Hall–Kier alpha value is -3.83. The van der Waals surface area contributed by atoms with Crippen LogP contribution in [0.5, 0.6) is 0 Å². The molecule has 1 N–H and O–H groups in total. The third kappa shape index (κ3) is 3.62. The highest BCUT2D eigenvalue weighted by molar-refractivity contribution is 6.03. The molecule has 3 aliphatic rings. The highest BCUT2D eigenvalue weighted by Crippen LogP contribution is 2.49. The van der Waals surface area contributed by atoms with Gasteiger partial charge in [0.05, 0.1) is 31.5 Å². The van der Waals surface area contributed by atoms with E-state index in [1.165, 1.54) is 6.08 Å². The number of fused-ring (bicyclic) bond motifs is 1. The lowest BCUT2D eigenvalue weighted by molar-refractivity contribution is -0.136. The number of rotatable bonds is 4. The van der Waals surface area contributed by atoms with Crippen molar-refractivity contribution in [3.63, 3.8) is 0 Å². The van der Waals surface area contributed by atoms with Crippen LogP contribution in [-0.4, -0.2) is 73.5 Å². The van der Waals surface area contributed by atoms with Gasteiger partial charge in [0.1, 0.15) is 0 Å². The first-order valence-corrected chi connectivity index (χ1v) is 12.5. The lowest BCUT2D eigenvalue weighted by Crippen LogP contribution is -2.59. The number of hydrogen-bond acceptors (Lipinski definition) is 5. The van der Waals surface area contributed by atoms with E-state index in [2.05, 4.69) is 56.5 Å². The summed E-state index contributed by atoms with van der Waals surface area (Å²) in [5.41, 5.74) is 6.96. The van der Waals surface area contributed by atoms with E-state index in [0.29, 0.717) is 18.9 Å². The van der Waals surface area contributed by atoms with E-state index in [-0.39, 0.29) is 11.3 Å². The molecule has 36 heavy (non-hydrogen) atoms. The predicted molar refractivity (Wildman–Crippen MR) is 142 cm³/mol.